The number of anilines is 2. The molecule has 1 aromatic heterocycles. The van der Waals surface area contributed by atoms with E-state index in [0.717, 1.165) is 25.3 Å². The zero-order chi connectivity index (χ0) is 13.4. The standard InChI is InChI=1S/C13H22N4O/c1-3-5-8-17(4-2)12-7-6-11(10-15-12)16-13(18)9-14/h6-7,10H,3-5,8-9,14H2,1-2H3,(H,16,18). The first-order chi connectivity index (χ1) is 8.71. The van der Waals surface area contributed by atoms with E-state index in [2.05, 4.69) is 29.0 Å². The Morgan fingerprint density at radius 2 is 2.22 bits per heavy atom. The van der Waals surface area contributed by atoms with Crippen molar-refractivity contribution in [3.8, 4) is 0 Å². The van der Waals surface area contributed by atoms with Gasteiger partial charge in [-0.25, -0.2) is 4.98 Å². The van der Waals surface area contributed by atoms with Crippen LogP contribution in [0, 0.1) is 0 Å². The molecule has 0 bridgehead atoms. The summed E-state index contributed by atoms with van der Waals surface area (Å²) < 4.78 is 0. The molecule has 1 aromatic rings. The second kappa shape index (κ2) is 7.66. The topological polar surface area (TPSA) is 71.2 Å². The monoisotopic (exact) mass is 250 g/mol. The number of aromatic nitrogens is 1. The number of nitrogens with one attached hydrogen (secondary N) is 1. The molecule has 0 saturated heterocycles. The van der Waals surface area contributed by atoms with Gasteiger partial charge in [0.25, 0.3) is 0 Å². The zero-order valence-electron chi connectivity index (χ0n) is 11.1. The minimum absolute atomic E-state index is 0.0145. The summed E-state index contributed by atoms with van der Waals surface area (Å²) in [5.74, 6) is 0.736. The summed E-state index contributed by atoms with van der Waals surface area (Å²) in [6.07, 6.45) is 3.99. The molecule has 18 heavy (non-hydrogen) atoms. The molecule has 100 valence electrons. The first kappa shape index (κ1) is 14.4. The number of pyridine rings is 1. The molecular weight excluding hydrogens is 228 g/mol. The van der Waals surface area contributed by atoms with Gasteiger partial charge < -0.3 is 16.0 Å². The van der Waals surface area contributed by atoms with Gasteiger partial charge >= 0.3 is 0 Å². The Labute approximate surface area is 108 Å². The SMILES string of the molecule is CCCCN(CC)c1ccc(NC(=O)CN)cn1. The van der Waals surface area contributed by atoms with Gasteiger partial charge in [-0.3, -0.25) is 4.79 Å². The molecule has 5 nitrogen and oxygen atoms in total. The maximum atomic E-state index is 11.1. The fourth-order valence-electron chi connectivity index (χ4n) is 1.64. The summed E-state index contributed by atoms with van der Waals surface area (Å²) in [4.78, 5) is 17.7. The highest BCUT2D eigenvalue weighted by Gasteiger charge is 2.05. The molecule has 0 fully saturated rings. The fraction of sp³-hybridized carbons (Fsp3) is 0.538. The van der Waals surface area contributed by atoms with Crippen molar-refractivity contribution < 1.29 is 4.79 Å². The number of hydrogen-bond acceptors (Lipinski definition) is 4. The lowest BCUT2D eigenvalue weighted by atomic mass is 10.3. The van der Waals surface area contributed by atoms with E-state index in [1.54, 1.807) is 6.20 Å². The molecule has 0 aliphatic carbocycles. The van der Waals surface area contributed by atoms with Crippen LogP contribution in [0.1, 0.15) is 26.7 Å². The minimum atomic E-state index is -0.206. The van der Waals surface area contributed by atoms with Crippen molar-refractivity contribution in [2.45, 2.75) is 26.7 Å². The molecule has 0 saturated carbocycles. The van der Waals surface area contributed by atoms with E-state index in [4.69, 9.17) is 5.73 Å². The van der Waals surface area contributed by atoms with Crippen molar-refractivity contribution >= 4 is 17.4 Å². The summed E-state index contributed by atoms with van der Waals surface area (Å²) >= 11 is 0. The van der Waals surface area contributed by atoms with Crippen molar-refractivity contribution in [2.24, 2.45) is 5.73 Å². The second-order valence-corrected chi connectivity index (χ2v) is 4.09. The molecule has 0 aliphatic rings. The van der Waals surface area contributed by atoms with E-state index in [9.17, 15) is 4.79 Å². The van der Waals surface area contributed by atoms with Crippen molar-refractivity contribution in [2.75, 3.05) is 29.9 Å². The largest absolute Gasteiger partial charge is 0.357 e. The van der Waals surface area contributed by atoms with Gasteiger partial charge in [0.2, 0.25) is 5.91 Å². The Morgan fingerprint density at radius 1 is 1.44 bits per heavy atom. The molecule has 0 aliphatic heterocycles. The molecule has 1 amide bonds. The maximum Gasteiger partial charge on any atom is 0.238 e. The predicted molar refractivity (Wildman–Crippen MR) is 74.7 cm³/mol. The second-order valence-electron chi connectivity index (χ2n) is 4.09. The predicted octanol–water partition coefficient (Wildman–Crippen LogP) is 1.61. The average molecular weight is 250 g/mol. The highest BCUT2D eigenvalue weighted by Crippen LogP contribution is 2.14. The summed E-state index contributed by atoms with van der Waals surface area (Å²) in [5.41, 5.74) is 5.91. The normalized spacial score (nSPS) is 10.2. The number of amides is 1. The zero-order valence-corrected chi connectivity index (χ0v) is 11.1. The highest BCUT2D eigenvalue weighted by atomic mass is 16.1. The lowest BCUT2D eigenvalue weighted by Gasteiger charge is -2.21. The van der Waals surface area contributed by atoms with E-state index in [-0.39, 0.29) is 12.5 Å². The van der Waals surface area contributed by atoms with Crippen molar-refractivity contribution in [3.63, 3.8) is 0 Å². The molecule has 0 atom stereocenters. The van der Waals surface area contributed by atoms with Crippen molar-refractivity contribution in [1.82, 2.24) is 4.98 Å². The average Bonchev–Trinajstić information content (AvgIpc) is 2.41. The van der Waals surface area contributed by atoms with Crippen LogP contribution in [0.15, 0.2) is 18.3 Å². The first-order valence-corrected chi connectivity index (χ1v) is 6.42. The quantitative estimate of drug-likeness (QED) is 0.771. The molecule has 1 heterocycles. The lowest BCUT2D eigenvalue weighted by molar-refractivity contribution is -0.114. The molecule has 5 heteroatoms. The molecule has 0 unspecified atom stereocenters. The van der Waals surface area contributed by atoms with E-state index in [1.807, 2.05) is 12.1 Å². The van der Waals surface area contributed by atoms with Crippen LogP contribution in [0.3, 0.4) is 0 Å². The number of hydrogen-bond donors (Lipinski definition) is 2. The van der Waals surface area contributed by atoms with Crippen LogP contribution in [0.25, 0.3) is 0 Å². The third kappa shape index (κ3) is 4.33. The van der Waals surface area contributed by atoms with Crippen LogP contribution >= 0.6 is 0 Å². The van der Waals surface area contributed by atoms with E-state index >= 15 is 0 Å². The number of carbonyl (C=O) groups is 1. The number of carbonyl (C=O) groups excluding carboxylic acids is 1. The van der Waals surface area contributed by atoms with Crippen LogP contribution in [0.2, 0.25) is 0 Å². The van der Waals surface area contributed by atoms with Crippen LogP contribution in [0.5, 0.6) is 0 Å². The summed E-state index contributed by atoms with van der Waals surface area (Å²) in [7, 11) is 0. The smallest absolute Gasteiger partial charge is 0.238 e. The minimum Gasteiger partial charge on any atom is -0.357 e. The van der Waals surface area contributed by atoms with Gasteiger partial charge in [-0.1, -0.05) is 13.3 Å². The third-order valence-electron chi connectivity index (χ3n) is 2.70. The van der Waals surface area contributed by atoms with Crippen LogP contribution in [0.4, 0.5) is 11.5 Å². The number of nitrogens with zero attached hydrogens (tertiary/aromatic N) is 2. The number of unbranched alkanes of at least 4 members (excludes halogenated alkanes) is 1. The van der Waals surface area contributed by atoms with E-state index in [0.29, 0.717) is 5.69 Å². The number of nitrogens with two attached hydrogens (primary N) is 1. The molecule has 3 N–H and O–H groups in total. The van der Waals surface area contributed by atoms with Gasteiger partial charge in [0, 0.05) is 13.1 Å². The van der Waals surface area contributed by atoms with Gasteiger partial charge in [0.05, 0.1) is 18.4 Å². The third-order valence-corrected chi connectivity index (χ3v) is 2.70. The molecule has 0 aromatic carbocycles. The van der Waals surface area contributed by atoms with E-state index < -0.39 is 0 Å². The van der Waals surface area contributed by atoms with Gasteiger partial charge in [-0.2, -0.15) is 0 Å². The lowest BCUT2D eigenvalue weighted by Crippen LogP contribution is -2.25. The Hall–Kier alpha value is -1.62. The maximum absolute atomic E-state index is 11.1. The molecule has 1 rings (SSSR count). The van der Waals surface area contributed by atoms with E-state index in [1.165, 1.54) is 6.42 Å². The van der Waals surface area contributed by atoms with Crippen LogP contribution < -0.4 is 16.0 Å². The number of rotatable bonds is 7. The molecular formula is C13H22N4O. The van der Waals surface area contributed by atoms with Crippen LogP contribution in [-0.4, -0.2) is 30.5 Å². The summed E-state index contributed by atoms with van der Waals surface area (Å²) in [6, 6.07) is 3.77. The van der Waals surface area contributed by atoms with Gasteiger partial charge in [0.1, 0.15) is 5.82 Å². The Morgan fingerprint density at radius 3 is 2.72 bits per heavy atom. The fourth-order valence-corrected chi connectivity index (χ4v) is 1.64. The molecule has 0 spiro atoms. The Bertz CT molecular complexity index is 364. The van der Waals surface area contributed by atoms with Crippen molar-refractivity contribution in [1.29, 1.82) is 0 Å². The van der Waals surface area contributed by atoms with Crippen LogP contribution in [-0.2, 0) is 4.79 Å². The van der Waals surface area contributed by atoms with Gasteiger partial charge in [-0.05, 0) is 25.5 Å². The van der Waals surface area contributed by atoms with Gasteiger partial charge in [0.15, 0.2) is 0 Å². The molecule has 0 radical (unpaired) electrons. The highest BCUT2D eigenvalue weighted by molar-refractivity contribution is 5.91. The first-order valence-electron chi connectivity index (χ1n) is 6.42. The Kier molecular flexibility index (Phi) is 6.14. The Balaban J connectivity index is 2.65. The van der Waals surface area contributed by atoms with Gasteiger partial charge in [-0.15, -0.1) is 0 Å². The summed E-state index contributed by atoms with van der Waals surface area (Å²) in [6.45, 7) is 6.21. The summed E-state index contributed by atoms with van der Waals surface area (Å²) in [5, 5.41) is 2.67. The van der Waals surface area contributed by atoms with Crippen molar-refractivity contribution in [3.05, 3.63) is 18.3 Å².